The summed E-state index contributed by atoms with van der Waals surface area (Å²) in [5, 5.41) is 0. The summed E-state index contributed by atoms with van der Waals surface area (Å²) in [6, 6.07) is 0. The van der Waals surface area contributed by atoms with Gasteiger partial charge in [0.2, 0.25) is 0 Å². The van der Waals surface area contributed by atoms with Crippen LogP contribution in [-0.4, -0.2) is 39.0 Å². The highest BCUT2D eigenvalue weighted by molar-refractivity contribution is 4.23. The van der Waals surface area contributed by atoms with Crippen molar-refractivity contribution >= 4 is 0 Å². The quantitative estimate of drug-likeness (QED) is 0.307. The van der Waals surface area contributed by atoms with E-state index in [1.807, 2.05) is 0 Å². The van der Waals surface area contributed by atoms with Crippen LogP contribution >= 0.6 is 0 Å². The lowest BCUT2D eigenvalue weighted by Crippen LogP contribution is -3.00. The van der Waals surface area contributed by atoms with E-state index in [2.05, 4.69) is 28.1 Å². The normalized spacial score (nSPS) is 14.3. The van der Waals surface area contributed by atoms with Crippen LogP contribution in [0.3, 0.4) is 0 Å². The van der Waals surface area contributed by atoms with Gasteiger partial charge in [-0.2, -0.15) is 0 Å². The molecule has 0 saturated carbocycles. The van der Waals surface area contributed by atoms with Crippen molar-refractivity contribution in [2.45, 2.75) is 13.2 Å². The van der Waals surface area contributed by atoms with E-state index in [1.54, 1.807) is 7.11 Å². The summed E-state index contributed by atoms with van der Waals surface area (Å²) in [5.41, 5.74) is 0. The van der Waals surface area contributed by atoms with Crippen LogP contribution < -0.4 is 4.70 Å². The SMILES string of the molecule is COC(C)[N+](C)(C)C.[F-]. The molecule has 0 saturated heterocycles. The third-order valence-electron chi connectivity index (χ3n) is 1.43. The van der Waals surface area contributed by atoms with Crippen LogP contribution in [0.25, 0.3) is 0 Å². The van der Waals surface area contributed by atoms with E-state index in [9.17, 15) is 0 Å². The zero-order valence-corrected chi connectivity index (χ0v) is 6.81. The summed E-state index contributed by atoms with van der Waals surface area (Å²) in [4.78, 5) is 0. The zero-order chi connectivity index (χ0) is 6.78. The molecule has 1 unspecified atom stereocenters. The fraction of sp³-hybridized carbons (Fsp3) is 1.00. The summed E-state index contributed by atoms with van der Waals surface area (Å²) < 4.78 is 5.94. The Balaban J connectivity index is 0. The minimum atomic E-state index is 0. The van der Waals surface area contributed by atoms with Crippen molar-refractivity contribution in [3.8, 4) is 0 Å². The van der Waals surface area contributed by atoms with Crippen LogP contribution in [-0.2, 0) is 4.74 Å². The molecule has 9 heavy (non-hydrogen) atoms. The first kappa shape index (κ1) is 11.6. The molecule has 2 nitrogen and oxygen atoms in total. The summed E-state index contributed by atoms with van der Waals surface area (Å²) in [6.45, 7) is 2.06. The second kappa shape index (κ2) is 3.80. The second-order valence-electron chi connectivity index (χ2n) is 2.95. The van der Waals surface area contributed by atoms with Crippen LogP contribution in [0.2, 0.25) is 0 Å². The molecule has 0 rings (SSSR count). The zero-order valence-electron chi connectivity index (χ0n) is 6.81. The van der Waals surface area contributed by atoms with Gasteiger partial charge in [0.05, 0.1) is 21.1 Å². The number of ether oxygens (including phenoxy) is 1. The van der Waals surface area contributed by atoms with Crippen LogP contribution in [0.15, 0.2) is 0 Å². The molecule has 0 amide bonds. The van der Waals surface area contributed by atoms with Crippen molar-refractivity contribution in [3.05, 3.63) is 0 Å². The Kier molecular flexibility index (Phi) is 4.90. The molecule has 0 heterocycles. The highest BCUT2D eigenvalue weighted by atomic mass is 19.0. The van der Waals surface area contributed by atoms with Gasteiger partial charge in [0.15, 0.2) is 6.23 Å². The van der Waals surface area contributed by atoms with Gasteiger partial charge in [0.25, 0.3) is 0 Å². The van der Waals surface area contributed by atoms with E-state index in [0.717, 1.165) is 4.48 Å². The van der Waals surface area contributed by atoms with Crippen LogP contribution in [0.1, 0.15) is 6.92 Å². The van der Waals surface area contributed by atoms with Crippen molar-refractivity contribution in [2.75, 3.05) is 28.3 Å². The summed E-state index contributed by atoms with van der Waals surface area (Å²) in [6.07, 6.45) is 0.287. The van der Waals surface area contributed by atoms with Gasteiger partial charge < -0.3 is 13.9 Å². The molecule has 3 heteroatoms. The highest BCUT2D eigenvalue weighted by Crippen LogP contribution is 2.00. The third-order valence-corrected chi connectivity index (χ3v) is 1.43. The van der Waals surface area contributed by atoms with E-state index in [0.29, 0.717) is 0 Å². The Bertz CT molecular complexity index is 69.9. The number of quaternary nitrogens is 1. The molecule has 0 aliphatic rings. The maximum Gasteiger partial charge on any atom is 0.189 e. The van der Waals surface area contributed by atoms with E-state index in [1.165, 1.54) is 0 Å². The molecule has 0 aromatic heterocycles. The van der Waals surface area contributed by atoms with Gasteiger partial charge in [-0.15, -0.1) is 0 Å². The first-order chi connectivity index (χ1) is 3.48. The Morgan fingerprint density at radius 1 is 1.22 bits per heavy atom. The lowest BCUT2D eigenvalue weighted by molar-refractivity contribution is -0.916. The average Bonchev–Trinajstić information content (AvgIpc) is 1.62. The van der Waals surface area contributed by atoms with Crippen LogP contribution in [0, 0.1) is 0 Å². The predicted molar refractivity (Wildman–Crippen MR) is 34.5 cm³/mol. The van der Waals surface area contributed by atoms with Gasteiger partial charge >= 0.3 is 0 Å². The fourth-order valence-corrected chi connectivity index (χ4v) is 0.316. The minimum absolute atomic E-state index is 0. The summed E-state index contributed by atoms with van der Waals surface area (Å²) in [7, 11) is 8.05. The monoisotopic (exact) mass is 137 g/mol. The lowest BCUT2D eigenvalue weighted by Gasteiger charge is -2.29. The molecule has 0 aliphatic carbocycles. The molecule has 0 fully saturated rings. The fourth-order valence-electron chi connectivity index (χ4n) is 0.316. The molecule has 0 aromatic rings. The van der Waals surface area contributed by atoms with Crippen LogP contribution in [0.5, 0.6) is 0 Å². The van der Waals surface area contributed by atoms with Crippen molar-refractivity contribution in [1.82, 2.24) is 0 Å². The molecule has 0 aliphatic heterocycles. The Labute approximate surface area is 56.4 Å². The first-order valence-corrected chi connectivity index (χ1v) is 2.82. The van der Waals surface area contributed by atoms with E-state index >= 15 is 0 Å². The van der Waals surface area contributed by atoms with Gasteiger partial charge in [-0.3, -0.25) is 0 Å². The molecule has 0 spiro atoms. The number of methoxy groups -OCH3 is 1. The summed E-state index contributed by atoms with van der Waals surface area (Å²) in [5.74, 6) is 0. The smallest absolute Gasteiger partial charge is 0.189 e. The molecule has 0 bridgehead atoms. The molecule has 0 aromatic carbocycles. The van der Waals surface area contributed by atoms with Gasteiger partial charge in [0, 0.05) is 14.0 Å². The van der Waals surface area contributed by atoms with Crippen LogP contribution in [0.4, 0.5) is 0 Å². The van der Waals surface area contributed by atoms with E-state index < -0.39 is 0 Å². The Hall–Kier alpha value is -0.150. The largest absolute Gasteiger partial charge is 1.00 e. The van der Waals surface area contributed by atoms with E-state index in [4.69, 9.17) is 4.74 Å². The average molecular weight is 137 g/mol. The third kappa shape index (κ3) is 4.36. The number of halogens is 1. The molecular formula is C6H16FNO. The van der Waals surface area contributed by atoms with Crippen molar-refractivity contribution in [1.29, 1.82) is 0 Å². The first-order valence-electron chi connectivity index (χ1n) is 2.82. The standard InChI is InChI=1S/C6H16NO.FH/c1-6(8-5)7(2,3)4;/h6H,1-5H3;1H/q+1;/p-1. The van der Waals surface area contributed by atoms with Crippen molar-refractivity contribution in [3.63, 3.8) is 0 Å². The van der Waals surface area contributed by atoms with Gasteiger partial charge in [-0.25, -0.2) is 0 Å². The topological polar surface area (TPSA) is 9.23 Å². The highest BCUT2D eigenvalue weighted by Gasteiger charge is 2.15. The second-order valence-corrected chi connectivity index (χ2v) is 2.95. The number of nitrogens with zero attached hydrogens (tertiary/aromatic N) is 1. The maximum atomic E-state index is 5.09. The molecule has 0 N–H and O–H groups in total. The van der Waals surface area contributed by atoms with Crippen molar-refractivity contribution < 1.29 is 13.9 Å². The number of rotatable bonds is 2. The minimum Gasteiger partial charge on any atom is -1.00 e. The van der Waals surface area contributed by atoms with Gasteiger partial charge in [0.1, 0.15) is 0 Å². The predicted octanol–water partition coefficient (Wildman–Crippen LogP) is -2.31. The number of hydrogen-bond acceptors (Lipinski definition) is 1. The Morgan fingerprint density at radius 3 is 1.56 bits per heavy atom. The lowest BCUT2D eigenvalue weighted by atomic mass is 10.5. The van der Waals surface area contributed by atoms with Gasteiger partial charge in [-0.1, -0.05) is 0 Å². The van der Waals surface area contributed by atoms with E-state index in [-0.39, 0.29) is 10.9 Å². The van der Waals surface area contributed by atoms with Crippen molar-refractivity contribution in [2.24, 2.45) is 0 Å². The maximum absolute atomic E-state index is 5.09. The summed E-state index contributed by atoms with van der Waals surface area (Å²) >= 11 is 0. The number of hydrogen-bond donors (Lipinski definition) is 0. The molecular weight excluding hydrogens is 121 g/mol. The van der Waals surface area contributed by atoms with Gasteiger partial charge in [-0.05, 0) is 0 Å². The Morgan fingerprint density at radius 2 is 1.56 bits per heavy atom. The molecule has 1 atom stereocenters. The molecule has 0 radical (unpaired) electrons. The molecule has 58 valence electrons.